The van der Waals surface area contributed by atoms with E-state index in [2.05, 4.69) is 21.0 Å². The summed E-state index contributed by atoms with van der Waals surface area (Å²) in [4.78, 5) is 25.9. The Morgan fingerprint density at radius 2 is 2.33 bits per heavy atom. The summed E-state index contributed by atoms with van der Waals surface area (Å²) in [5.74, 6) is 0.182. The lowest BCUT2D eigenvalue weighted by Gasteiger charge is -2.33. The van der Waals surface area contributed by atoms with Gasteiger partial charge in [-0.3, -0.25) is 9.78 Å². The molecule has 0 unspecified atom stereocenters. The molecule has 0 aromatic carbocycles. The number of nitrogens with one attached hydrogen (secondary N) is 1. The van der Waals surface area contributed by atoms with E-state index in [-0.39, 0.29) is 18.2 Å². The van der Waals surface area contributed by atoms with E-state index in [9.17, 15) is 4.79 Å². The molecule has 1 N–H and O–H groups in total. The summed E-state index contributed by atoms with van der Waals surface area (Å²) in [6, 6.07) is 6.03. The minimum absolute atomic E-state index is 0.0458. The Bertz CT molecular complexity index is 955. The molecule has 1 atom stereocenters. The molecule has 0 aliphatic carbocycles. The Hall–Kier alpha value is -2.94. The van der Waals surface area contributed by atoms with E-state index >= 15 is 0 Å². The van der Waals surface area contributed by atoms with Crippen molar-refractivity contribution in [2.45, 2.75) is 25.2 Å². The number of aromatic nitrogens is 3. The van der Waals surface area contributed by atoms with Crippen LogP contribution in [0, 0.1) is 11.3 Å². The summed E-state index contributed by atoms with van der Waals surface area (Å²) in [5, 5.41) is 11.0. The topological polar surface area (TPSA) is 85.7 Å². The lowest BCUT2D eigenvalue weighted by Crippen LogP contribution is -2.38. The fourth-order valence-electron chi connectivity index (χ4n) is 3.66. The first-order chi connectivity index (χ1) is 11.8. The quantitative estimate of drug-likeness (QED) is 0.787. The molecule has 120 valence electrons. The van der Waals surface area contributed by atoms with Gasteiger partial charge in [-0.05, 0) is 30.5 Å². The number of piperidine rings is 1. The normalized spacial score (nSPS) is 18.0. The van der Waals surface area contributed by atoms with Gasteiger partial charge in [-0.1, -0.05) is 0 Å². The molecule has 6 heteroatoms. The first-order valence-corrected chi connectivity index (χ1v) is 8.13. The zero-order valence-corrected chi connectivity index (χ0v) is 13.2. The molecule has 0 radical (unpaired) electrons. The maximum atomic E-state index is 12.1. The highest BCUT2D eigenvalue weighted by atomic mass is 16.2. The summed E-state index contributed by atoms with van der Waals surface area (Å²) in [6.45, 7) is 1.40. The van der Waals surface area contributed by atoms with Crippen LogP contribution in [0.3, 0.4) is 0 Å². The Morgan fingerprint density at radius 1 is 1.42 bits per heavy atom. The Labute approximate surface area is 139 Å². The van der Waals surface area contributed by atoms with Crippen LogP contribution in [0.1, 0.15) is 30.7 Å². The SMILES string of the molecule is N#CCC(=O)N1CCC[C@@H](c2ccnc3cnc4[nH]ccc4c23)C1. The number of aromatic amines is 1. The predicted octanol–water partition coefficient (Wildman–Crippen LogP) is 2.73. The molecule has 3 aromatic rings. The van der Waals surface area contributed by atoms with E-state index in [0.29, 0.717) is 6.54 Å². The first kappa shape index (κ1) is 14.6. The van der Waals surface area contributed by atoms with E-state index in [0.717, 1.165) is 41.3 Å². The molecular formula is C18H17N5O. The molecule has 0 spiro atoms. The second-order valence-corrected chi connectivity index (χ2v) is 6.17. The highest BCUT2D eigenvalue weighted by Crippen LogP contribution is 2.34. The van der Waals surface area contributed by atoms with E-state index in [4.69, 9.17) is 5.26 Å². The van der Waals surface area contributed by atoms with Crippen molar-refractivity contribution in [2.24, 2.45) is 0 Å². The number of nitrogens with zero attached hydrogens (tertiary/aromatic N) is 4. The molecule has 4 heterocycles. The van der Waals surface area contributed by atoms with E-state index in [1.54, 1.807) is 6.20 Å². The van der Waals surface area contributed by atoms with Gasteiger partial charge in [0.25, 0.3) is 0 Å². The highest BCUT2D eigenvalue weighted by Gasteiger charge is 2.26. The molecule has 4 rings (SSSR count). The van der Waals surface area contributed by atoms with Gasteiger partial charge >= 0.3 is 0 Å². The zero-order valence-electron chi connectivity index (χ0n) is 13.2. The number of amides is 1. The van der Waals surface area contributed by atoms with Gasteiger partial charge in [0.05, 0.1) is 17.8 Å². The molecule has 24 heavy (non-hydrogen) atoms. The number of H-pyrrole nitrogens is 1. The number of pyridine rings is 2. The number of likely N-dealkylation sites (tertiary alicyclic amines) is 1. The molecule has 1 amide bonds. The number of rotatable bonds is 2. The van der Waals surface area contributed by atoms with Crippen LogP contribution in [0.4, 0.5) is 0 Å². The second kappa shape index (κ2) is 5.93. The van der Waals surface area contributed by atoms with Crippen LogP contribution in [0.2, 0.25) is 0 Å². The van der Waals surface area contributed by atoms with Gasteiger partial charge < -0.3 is 9.88 Å². The van der Waals surface area contributed by atoms with Crippen molar-refractivity contribution in [3.05, 3.63) is 36.3 Å². The largest absolute Gasteiger partial charge is 0.346 e. The molecule has 1 aliphatic heterocycles. The van der Waals surface area contributed by atoms with Crippen LogP contribution in [0.15, 0.2) is 30.7 Å². The zero-order chi connectivity index (χ0) is 16.5. The molecule has 6 nitrogen and oxygen atoms in total. The van der Waals surface area contributed by atoms with Gasteiger partial charge in [-0.15, -0.1) is 0 Å². The van der Waals surface area contributed by atoms with Crippen LogP contribution >= 0.6 is 0 Å². The van der Waals surface area contributed by atoms with Gasteiger partial charge in [-0.25, -0.2) is 4.98 Å². The average molecular weight is 319 g/mol. The maximum Gasteiger partial charge on any atom is 0.236 e. The van der Waals surface area contributed by atoms with Crippen molar-refractivity contribution in [2.75, 3.05) is 13.1 Å². The summed E-state index contributed by atoms with van der Waals surface area (Å²) in [6.07, 6.45) is 7.43. The number of nitriles is 1. The minimum Gasteiger partial charge on any atom is -0.346 e. The Balaban J connectivity index is 1.77. The molecule has 1 saturated heterocycles. The van der Waals surface area contributed by atoms with Crippen LogP contribution in [-0.4, -0.2) is 38.8 Å². The molecule has 3 aromatic heterocycles. The number of hydrogen-bond acceptors (Lipinski definition) is 4. The second-order valence-electron chi connectivity index (χ2n) is 6.17. The molecule has 0 bridgehead atoms. The standard InChI is InChI=1S/C18H17N5O/c19-6-3-16(24)23-9-1-2-12(11-23)13-4-7-20-15-10-22-18-14(17(13)15)5-8-21-18/h4-5,7-8,10,12H,1-3,9,11H2,(H,21,22)/t12-/m1/s1. The van der Waals surface area contributed by atoms with Crippen molar-refractivity contribution in [3.8, 4) is 6.07 Å². The highest BCUT2D eigenvalue weighted by molar-refractivity contribution is 6.05. The van der Waals surface area contributed by atoms with Gasteiger partial charge in [0, 0.05) is 42.2 Å². The summed E-state index contributed by atoms with van der Waals surface area (Å²) in [7, 11) is 0. The average Bonchev–Trinajstić information content (AvgIpc) is 3.10. The lowest BCUT2D eigenvalue weighted by atomic mass is 9.88. The smallest absolute Gasteiger partial charge is 0.236 e. The third-order valence-electron chi connectivity index (χ3n) is 4.77. The van der Waals surface area contributed by atoms with Crippen molar-refractivity contribution in [1.29, 1.82) is 5.26 Å². The number of hydrogen-bond donors (Lipinski definition) is 1. The molecule has 1 fully saturated rings. The lowest BCUT2D eigenvalue weighted by molar-refractivity contribution is -0.131. The van der Waals surface area contributed by atoms with Crippen LogP contribution < -0.4 is 0 Å². The van der Waals surface area contributed by atoms with Gasteiger partial charge in [-0.2, -0.15) is 5.26 Å². The third kappa shape index (κ3) is 2.38. The van der Waals surface area contributed by atoms with Crippen LogP contribution in [-0.2, 0) is 4.79 Å². The molecule has 1 aliphatic rings. The predicted molar refractivity (Wildman–Crippen MR) is 90.2 cm³/mol. The number of fused-ring (bicyclic) bond motifs is 3. The fourth-order valence-corrected chi connectivity index (χ4v) is 3.66. The Kier molecular flexibility index (Phi) is 3.62. The summed E-state index contributed by atoms with van der Waals surface area (Å²) < 4.78 is 0. The molecular weight excluding hydrogens is 302 g/mol. The van der Waals surface area contributed by atoms with Gasteiger partial charge in [0.1, 0.15) is 12.1 Å². The van der Waals surface area contributed by atoms with Crippen LogP contribution in [0.25, 0.3) is 21.9 Å². The minimum atomic E-state index is -0.0750. The third-order valence-corrected chi connectivity index (χ3v) is 4.77. The summed E-state index contributed by atoms with van der Waals surface area (Å²) in [5.41, 5.74) is 2.94. The van der Waals surface area contributed by atoms with Gasteiger partial charge in [0.15, 0.2) is 0 Å². The van der Waals surface area contributed by atoms with Crippen molar-refractivity contribution in [3.63, 3.8) is 0 Å². The van der Waals surface area contributed by atoms with Gasteiger partial charge in [0.2, 0.25) is 5.91 Å². The monoisotopic (exact) mass is 319 g/mol. The maximum absolute atomic E-state index is 12.1. The van der Waals surface area contributed by atoms with Crippen molar-refractivity contribution < 1.29 is 4.79 Å². The number of carbonyl (C=O) groups is 1. The van der Waals surface area contributed by atoms with Crippen molar-refractivity contribution in [1.82, 2.24) is 19.9 Å². The van der Waals surface area contributed by atoms with E-state index in [1.807, 2.05) is 29.4 Å². The fraction of sp³-hybridized carbons (Fsp3) is 0.333. The van der Waals surface area contributed by atoms with Crippen molar-refractivity contribution >= 4 is 27.8 Å². The van der Waals surface area contributed by atoms with E-state index < -0.39 is 0 Å². The Morgan fingerprint density at radius 3 is 3.21 bits per heavy atom. The number of carbonyl (C=O) groups excluding carboxylic acids is 1. The first-order valence-electron chi connectivity index (χ1n) is 8.13. The van der Waals surface area contributed by atoms with Crippen LogP contribution in [0.5, 0.6) is 0 Å². The van der Waals surface area contributed by atoms with E-state index in [1.165, 1.54) is 5.56 Å². The summed E-state index contributed by atoms with van der Waals surface area (Å²) >= 11 is 0. The molecule has 0 saturated carbocycles.